The quantitative estimate of drug-likeness (QED) is 0.669. The van der Waals surface area contributed by atoms with E-state index >= 15 is 0 Å². The fourth-order valence-corrected chi connectivity index (χ4v) is 3.65. The first-order chi connectivity index (χ1) is 10.3. The van der Waals surface area contributed by atoms with Crippen molar-refractivity contribution in [1.29, 1.82) is 0 Å². The zero-order chi connectivity index (χ0) is 14.2. The summed E-state index contributed by atoms with van der Waals surface area (Å²) in [7, 11) is 0. The van der Waals surface area contributed by atoms with E-state index < -0.39 is 0 Å². The molecule has 0 aromatic heterocycles. The third-order valence-corrected chi connectivity index (χ3v) is 4.72. The number of nitrogens with two attached hydrogens (primary N) is 1. The van der Waals surface area contributed by atoms with Gasteiger partial charge in [0.25, 0.3) is 0 Å². The molecule has 4 rings (SSSR count). The summed E-state index contributed by atoms with van der Waals surface area (Å²) in [6.45, 7) is 0.829. The molecule has 0 spiro atoms. The van der Waals surface area contributed by atoms with E-state index in [4.69, 9.17) is 5.73 Å². The highest BCUT2D eigenvalue weighted by Gasteiger charge is 2.54. The number of nitrogens with zero attached hydrogens (tertiary/aromatic N) is 1. The van der Waals surface area contributed by atoms with Crippen LogP contribution < -0.4 is 11.1 Å². The summed E-state index contributed by atoms with van der Waals surface area (Å²) in [5.74, 6) is 2.70. The van der Waals surface area contributed by atoms with E-state index in [0.29, 0.717) is 11.9 Å². The van der Waals surface area contributed by atoms with Crippen molar-refractivity contribution in [2.24, 2.45) is 22.6 Å². The summed E-state index contributed by atoms with van der Waals surface area (Å²) in [4.78, 5) is 4.52. The number of fused-ring (bicyclic) bond motifs is 3. The summed E-state index contributed by atoms with van der Waals surface area (Å²) in [5, 5.41) is 3.14. The molecule has 3 atom stereocenters. The van der Waals surface area contributed by atoms with Gasteiger partial charge in [0.1, 0.15) is 0 Å². The molecule has 3 heteroatoms. The second kappa shape index (κ2) is 4.92. The molecular formula is C18H19N3. The lowest BCUT2D eigenvalue weighted by atomic mass is 10.0. The number of rotatable bonds is 3. The molecule has 3 N–H and O–H groups in total. The molecule has 3 unspecified atom stereocenters. The van der Waals surface area contributed by atoms with Crippen LogP contribution in [0.1, 0.15) is 17.0 Å². The molecule has 21 heavy (non-hydrogen) atoms. The highest BCUT2D eigenvalue weighted by Crippen LogP contribution is 2.61. The average Bonchev–Trinajstić information content (AvgIpc) is 3.05. The van der Waals surface area contributed by atoms with Gasteiger partial charge in [-0.2, -0.15) is 0 Å². The van der Waals surface area contributed by atoms with E-state index in [9.17, 15) is 0 Å². The van der Waals surface area contributed by atoms with Gasteiger partial charge in [-0.05, 0) is 47.4 Å². The lowest BCUT2D eigenvalue weighted by Crippen LogP contribution is -2.23. The molecule has 0 bridgehead atoms. The molecule has 2 aliphatic rings. The Morgan fingerprint density at radius 1 is 1.10 bits per heavy atom. The third-order valence-electron chi connectivity index (χ3n) is 4.72. The summed E-state index contributed by atoms with van der Waals surface area (Å²) in [6, 6.07) is 18.7. The standard InChI is InChI=1S/C18H19N3/c19-18(21-13-7-2-1-3-8-13)20-11-16-15-10-12-6-4-5-9-14(12)17(15)16/h1-9,15-17H,10-11H2,(H3,19,20,21). The molecule has 0 heterocycles. The molecule has 1 saturated carbocycles. The van der Waals surface area contributed by atoms with E-state index in [-0.39, 0.29) is 0 Å². The van der Waals surface area contributed by atoms with Crippen LogP contribution in [0.25, 0.3) is 0 Å². The van der Waals surface area contributed by atoms with Gasteiger partial charge < -0.3 is 11.1 Å². The molecule has 1 fully saturated rings. The maximum Gasteiger partial charge on any atom is 0.193 e. The van der Waals surface area contributed by atoms with Crippen molar-refractivity contribution in [3.8, 4) is 0 Å². The fraction of sp³-hybridized carbons (Fsp3) is 0.278. The van der Waals surface area contributed by atoms with Crippen LogP contribution in [0.3, 0.4) is 0 Å². The molecule has 106 valence electrons. The van der Waals surface area contributed by atoms with Crippen molar-refractivity contribution in [1.82, 2.24) is 0 Å². The number of hydrogen-bond acceptors (Lipinski definition) is 1. The summed E-state index contributed by atoms with van der Waals surface area (Å²) >= 11 is 0. The Labute approximate surface area is 124 Å². The van der Waals surface area contributed by atoms with Crippen molar-refractivity contribution in [2.45, 2.75) is 12.3 Å². The van der Waals surface area contributed by atoms with E-state index in [1.165, 1.54) is 17.5 Å². The molecule has 2 aliphatic carbocycles. The van der Waals surface area contributed by atoms with E-state index in [1.807, 2.05) is 30.3 Å². The number of para-hydroxylation sites is 1. The van der Waals surface area contributed by atoms with Crippen molar-refractivity contribution < 1.29 is 0 Å². The van der Waals surface area contributed by atoms with Gasteiger partial charge in [-0.1, -0.05) is 42.5 Å². The first-order valence-corrected chi connectivity index (χ1v) is 7.53. The molecule has 2 aromatic carbocycles. The lowest BCUT2D eigenvalue weighted by Gasteiger charge is -2.07. The van der Waals surface area contributed by atoms with Crippen LogP contribution in [0.5, 0.6) is 0 Å². The topological polar surface area (TPSA) is 50.4 Å². The van der Waals surface area contributed by atoms with E-state index in [0.717, 1.165) is 24.1 Å². The molecule has 2 aromatic rings. The SMILES string of the molecule is NC(=NCC1C2Cc3ccccc3C12)Nc1ccccc1. The van der Waals surface area contributed by atoms with Gasteiger partial charge in [0.2, 0.25) is 0 Å². The first-order valence-electron chi connectivity index (χ1n) is 7.53. The first kappa shape index (κ1) is 12.5. The summed E-state index contributed by atoms with van der Waals surface area (Å²) < 4.78 is 0. The Hall–Kier alpha value is -2.29. The van der Waals surface area contributed by atoms with Crippen molar-refractivity contribution >= 4 is 11.6 Å². The second-order valence-electron chi connectivity index (χ2n) is 5.97. The van der Waals surface area contributed by atoms with Gasteiger partial charge in [-0.25, -0.2) is 0 Å². The maximum atomic E-state index is 5.97. The summed E-state index contributed by atoms with van der Waals surface area (Å²) in [6.07, 6.45) is 1.22. The Balaban J connectivity index is 1.38. The minimum absolute atomic E-state index is 0.513. The van der Waals surface area contributed by atoms with Crippen molar-refractivity contribution in [3.63, 3.8) is 0 Å². The molecule has 0 radical (unpaired) electrons. The number of nitrogens with one attached hydrogen (secondary N) is 1. The summed E-state index contributed by atoms with van der Waals surface area (Å²) in [5.41, 5.74) is 10.0. The molecule has 3 nitrogen and oxygen atoms in total. The molecule has 0 saturated heterocycles. The van der Waals surface area contributed by atoms with Crippen LogP contribution in [-0.4, -0.2) is 12.5 Å². The van der Waals surface area contributed by atoms with Crippen molar-refractivity contribution in [3.05, 3.63) is 65.7 Å². The predicted octanol–water partition coefficient (Wildman–Crippen LogP) is 3.00. The Kier molecular flexibility index (Phi) is 2.92. The van der Waals surface area contributed by atoms with Gasteiger partial charge in [-0.3, -0.25) is 4.99 Å². The highest BCUT2D eigenvalue weighted by molar-refractivity contribution is 5.92. The third kappa shape index (κ3) is 2.29. The zero-order valence-electron chi connectivity index (χ0n) is 11.9. The van der Waals surface area contributed by atoms with E-state index in [1.54, 1.807) is 0 Å². The molecule has 0 aliphatic heterocycles. The van der Waals surface area contributed by atoms with Gasteiger partial charge in [0.05, 0.1) is 0 Å². The highest BCUT2D eigenvalue weighted by atomic mass is 15.1. The van der Waals surface area contributed by atoms with Gasteiger partial charge in [0.15, 0.2) is 5.96 Å². The van der Waals surface area contributed by atoms with Crippen LogP contribution >= 0.6 is 0 Å². The minimum atomic E-state index is 0.513. The molecular weight excluding hydrogens is 258 g/mol. The normalized spacial score (nSPS) is 26.1. The van der Waals surface area contributed by atoms with E-state index in [2.05, 4.69) is 34.6 Å². The number of hydrogen-bond donors (Lipinski definition) is 2. The number of benzene rings is 2. The van der Waals surface area contributed by atoms with Crippen LogP contribution in [0, 0.1) is 11.8 Å². The maximum absolute atomic E-state index is 5.97. The predicted molar refractivity (Wildman–Crippen MR) is 86.4 cm³/mol. The molecule has 0 amide bonds. The minimum Gasteiger partial charge on any atom is -0.370 e. The average molecular weight is 277 g/mol. The Morgan fingerprint density at radius 2 is 1.86 bits per heavy atom. The Bertz CT molecular complexity index is 678. The lowest BCUT2D eigenvalue weighted by molar-refractivity contribution is 0.701. The largest absolute Gasteiger partial charge is 0.370 e. The second-order valence-corrected chi connectivity index (χ2v) is 5.97. The van der Waals surface area contributed by atoms with Crippen LogP contribution in [-0.2, 0) is 6.42 Å². The monoisotopic (exact) mass is 277 g/mol. The smallest absolute Gasteiger partial charge is 0.193 e. The van der Waals surface area contributed by atoms with Crippen molar-refractivity contribution in [2.75, 3.05) is 11.9 Å². The van der Waals surface area contributed by atoms with Gasteiger partial charge >= 0.3 is 0 Å². The van der Waals surface area contributed by atoms with Crippen LogP contribution in [0.15, 0.2) is 59.6 Å². The fourth-order valence-electron chi connectivity index (χ4n) is 3.65. The van der Waals surface area contributed by atoms with Crippen LogP contribution in [0.4, 0.5) is 5.69 Å². The number of anilines is 1. The number of guanidine groups is 1. The van der Waals surface area contributed by atoms with Crippen LogP contribution in [0.2, 0.25) is 0 Å². The number of aliphatic imine (C=N–C) groups is 1. The van der Waals surface area contributed by atoms with Gasteiger partial charge in [0, 0.05) is 12.2 Å². The zero-order valence-corrected chi connectivity index (χ0v) is 11.9. The Morgan fingerprint density at radius 3 is 2.71 bits per heavy atom. The van der Waals surface area contributed by atoms with Gasteiger partial charge in [-0.15, -0.1) is 0 Å².